The normalized spacial score (nSPS) is 24.8. The van der Waals surface area contributed by atoms with Crippen molar-refractivity contribution < 1.29 is 14.3 Å². The zero-order valence-electron chi connectivity index (χ0n) is 18.2. The zero-order chi connectivity index (χ0) is 22.3. The minimum absolute atomic E-state index is 0.107. The molecule has 3 heterocycles. The smallest absolute Gasteiger partial charge is 0.341 e. The van der Waals surface area contributed by atoms with Crippen molar-refractivity contribution >= 4 is 33.5 Å². The average molecular weight is 423 g/mol. The van der Waals surface area contributed by atoms with E-state index in [1.165, 1.54) is 12.4 Å². The van der Waals surface area contributed by atoms with Crippen LogP contribution >= 0.6 is 0 Å². The third kappa shape index (κ3) is 2.93. The molecule has 0 amide bonds. The van der Waals surface area contributed by atoms with Gasteiger partial charge in [-0.3, -0.25) is 9.78 Å². The van der Waals surface area contributed by atoms with Gasteiger partial charge in [-0.2, -0.15) is 0 Å². The van der Waals surface area contributed by atoms with E-state index in [0.717, 1.165) is 25.8 Å². The van der Waals surface area contributed by atoms with Gasteiger partial charge in [-0.15, -0.1) is 0 Å². The van der Waals surface area contributed by atoms with Crippen LogP contribution in [0.15, 0.2) is 29.3 Å². The molecule has 1 saturated carbocycles. The highest BCUT2D eigenvalue weighted by Gasteiger charge is 2.50. The Labute approximate surface area is 179 Å². The van der Waals surface area contributed by atoms with Crippen molar-refractivity contribution in [2.24, 2.45) is 17.9 Å². The van der Waals surface area contributed by atoms with E-state index in [-0.39, 0.29) is 33.3 Å². The van der Waals surface area contributed by atoms with Crippen LogP contribution in [0.25, 0.3) is 21.8 Å². The molecule has 0 spiro atoms. The highest BCUT2D eigenvalue weighted by Crippen LogP contribution is 2.53. The fourth-order valence-corrected chi connectivity index (χ4v) is 6.29. The number of pyridine rings is 2. The van der Waals surface area contributed by atoms with Gasteiger partial charge in [0.25, 0.3) is 0 Å². The summed E-state index contributed by atoms with van der Waals surface area (Å²) in [5.74, 6) is -1.75. The predicted octanol–water partition coefficient (Wildman–Crippen LogP) is 4.33. The summed E-state index contributed by atoms with van der Waals surface area (Å²) in [6, 6.07) is 3.71. The number of carboxylic acids is 1. The van der Waals surface area contributed by atoms with Gasteiger partial charge in [0.2, 0.25) is 5.43 Å². The zero-order valence-corrected chi connectivity index (χ0v) is 18.2. The van der Waals surface area contributed by atoms with E-state index < -0.39 is 17.2 Å². The Morgan fingerprint density at radius 2 is 2.00 bits per heavy atom. The van der Waals surface area contributed by atoms with E-state index in [4.69, 9.17) is 0 Å². The third-order valence-electron chi connectivity index (χ3n) is 7.07. The van der Waals surface area contributed by atoms with E-state index in [0.29, 0.717) is 16.6 Å². The first-order valence-electron chi connectivity index (χ1n) is 10.6. The van der Waals surface area contributed by atoms with E-state index >= 15 is 4.39 Å². The maximum Gasteiger partial charge on any atom is 0.341 e. The highest BCUT2D eigenvalue weighted by molar-refractivity contribution is 6.07. The number of hydrogen-bond acceptors (Lipinski definition) is 4. The van der Waals surface area contributed by atoms with Gasteiger partial charge < -0.3 is 14.6 Å². The van der Waals surface area contributed by atoms with Crippen LogP contribution < -0.4 is 10.3 Å². The molecule has 2 aromatic heterocycles. The first-order valence-corrected chi connectivity index (χ1v) is 10.6. The third-order valence-corrected chi connectivity index (χ3v) is 7.07. The number of rotatable bonds is 2. The number of aromatic carboxylic acids is 1. The monoisotopic (exact) mass is 423 g/mol. The van der Waals surface area contributed by atoms with E-state index in [1.807, 2.05) is 0 Å². The first-order chi connectivity index (χ1) is 14.5. The van der Waals surface area contributed by atoms with Crippen molar-refractivity contribution in [3.63, 3.8) is 0 Å². The molecule has 7 heteroatoms. The second kappa shape index (κ2) is 6.28. The molecule has 2 aliphatic rings. The van der Waals surface area contributed by atoms with Crippen molar-refractivity contribution in [2.75, 3.05) is 11.4 Å². The highest BCUT2D eigenvalue weighted by atomic mass is 19.1. The van der Waals surface area contributed by atoms with Crippen LogP contribution in [0.2, 0.25) is 0 Å². The Bertz CT molecular complexity index is 1330. The van der Waals surface area contributed by atoms with Gasteiger partial charge in [-0.05, 0) is 42.2 Å². The second-order valence-corrected chi connectivity index (χ2v) is 10.4. The van der Waals surface area contributed by atoms with Gasteiger partial charge in [0.05, 0.1) is 22.8 Å². The number of anilines is 1. The standard InChI is InChI=1S/C24H26FN3O3/c1-23(2)7-13-8-24(3,11-23)12-28(13)16-6-5-14-18-17(9-26-20(14)19(16)25)27(4)10-15(21(18)29)22(30)31/h5-6,9-10,13H,7-8,11-12H2,1-4H3,(H,30,31). The molecule has 1 saturated heterocycles. The summed E-state index contributed by atoms with van der Waals surface area (Å²) in [6.45, 7) is 7.63. The number of nitrogens with zero attached hydrogens (tertiary/aromatic N) is 3. The number of aromatic nitrogens is 2. The molecule has 3 aromatic rings. The SMILES string of the molecule is Cn1cc(C(=O)O)c(=O)c2c3ccc(N4CC5(C)CC4CC(C)(C)C5)c(F)c3ncc21. The molecule has 31 heavy (non-hydrogen) atoms. The topological polar surface area (TPSA) is 75.4 Å². The maximum atomic E-state index is 15.8. The number of carboxylic acid groups (broad SMARTS) is 1. The van der Waals surface area contributed by atoms with Crippen LogP contribution in [0.3, 0.4) is 0 Å². The van der Waals surface area contributed by atoms with Crippen molar-refractivity contribution in [1.82, 2.24) is 9.55 Å². The van der Waals surface area contributed by atoms with Crippen molar-refractivity contribution in [3.05, 3.63) is 46.1 Å². The van der Waals surface area contributed by atoms with Crippen molar-refractivity contribution in [1.29, 1.82) is 0 Å². The van der Waals surface area contributed by atoms with Crippen molar-refractivity contribution in [3.8, 4) is 0 Å². The lowest BCUT2D eigenvalue weighted by Gasteiger charge is -2.39. The molecule has 1 N–H and O–H groups in total. The molecule has 1 aliphatic carbocycles. The Morgan fingerprint density at radius 1 is 1.26 bits per heavy atom. The maximum absolute atomic E-state index is 15.8. The van der Waals surface area contributed by atoms with E-state index in [2.05, 4.69) is 30.7 Å². The lowest BCUT2D eigenvalue weighted by molar-refractivity contribution is 0.0695. The molecule has 2 fully saturated rings. The van der Waals surface area contributed by atoms with Crippen LogP contribution in [0.1, 0.15) is 50.4 Å². The van der Waals surface area contributed by atoms with Gasteiger partial charge in [-0.1, -0.05) is 20.8 Å². The van der Waals surface area contributed by atoms with Crippen LogP contribution in [-0.4, -0.2) is 33.2 Å². The summed E-state index contributed by atoms with van der Waals surface area (Å²) in [7, 11) is 1.65. The Morgan fingerprint density at radius 3 is 2.71 bits per heavy atom. The lowest BCUT2D eigenvalue weighted by atomic mass is 9.65. The fourth-order valence-electron chi connectivity index (χ4n) is 6.29. The van der Waals surface area contributed by atoms with Gasteiger partial charge in [0, 0.05) is 31.2 Å². The van der Waals surface area contributed by atoms with Crippen LogP contribution in [-0.2, 0) is 7.05 Å². The number of aryl methyl sites for hydroxylation is 1. The Balaban J connectivity index is 1.71. The molecule has 2 bridgehead atoms. The predicted molar refractivity (Wildman–Crippen MR) is 118 cm³/mol. The van der Waals surface area contributed by atoms with E-state index in [1.54, 1.807) is 23.7 Å². The molecule has 2 atom stereocenters. The minimum Gasteiger partial charge on any atom is -0.477 e. The molecule has 6 nitrogen and oxygen atoms in total. The molecule has 2 unspecified atom stereocenters. The minimum atomic E-state index is -1.30. The lowest BCUT2D eigenvalue weighted by Crippen LogP contribution is -2.35. The first kappa shape index (κ1) is 20.0. The molecule has 1 aromatic carbocycles. The van der Waals surface area contributed by atoms with Gasteiger partial charge >= 0.3 is 5.97 Å². The summed E-state index contributed by atoms with van der Waals surface area (Å²) >= 11 is 0. The van der Waals surface area contributed by atoms with Gasteiger partial charge in [0.15, 0.2) is 5.82 Å². The molecule has 162 valence electrons. The van der Waals surface area contributed by atoms with Gasteiger partial charge in [0.1, 0.15) is 11.1 Å². The number of fused-ring (bicyclic) bond motifs is 5. The number of hydrogen-bond donors (Lipinski definition) is 1. The number of benzene rings is 1. The summed E-state index contributed by atoms with van der Waals surface area (Å²) in [6.07, 6.45) is 5.89. The average Bonchev–Trinajstić information content (AvgIpc) is 2.92. The Kier molecular flexibility index (Phi) is 4.04. The largest absolute Gasteiger partial charge is 0.477 e. The molecular weight excluding hydrogens is 397 g/mol. The summed E-state index contributed by atoms with van der Waals surface area (Å²) < 4.78 is 17.3. The van der Waals surface area contributed by atoms with Crippen LogP contribution in [0.4, 0.5) is 10.1 Å². The van der Waals surface area contributed by atoms with Crippen LogP contribution in [0.5, 0.6) is 0 Å². The molecule has 1 aliphatic heterocycles. The fraction of sp³-hybridized carbons (Fsp3) is 0.458. The second-order valence-electron chi connectivity index (χ2n) is 10.4. The summed E-state index contributed by atoms with van der Waals surface area (Å²) in [5, 5.41) is 9.94. The van der Waals surface area contributed by atoms with Crippen LogP contribution in [0, 0.1) is 16.6 Å². The summed E-state index contributed by atoms with van der Waals surface area (Å²) in [4.78, 5) is 30.9. The number of carbonyl (C=O) groups is 1. The molecular formula is C24H26FN3O3. The van der Waals surface area contributed by atoms with Crippen molar-refractivity contribution in [2.45, 2.75) is 46.1 Å². The molecule has 0 radical (unpaired) electrons. The molecule has 5 rings (SSSR count). The summed E-state index contributed by atoms with van der Waals surface area (Å²) in [5.41, 5.74) is 0.500. The number of halogens is 1. The Hall–Kier alpha value is -2.96. The quantitative estimate of drug-likeness (QED) is 0.621. The van der Waals surface area contributed by atoms with Gasteiger partial charge in [-0.25, -0.2) is 9.18 Å². The van der Waals surface area contributed by atoms with E-state index in [9.17, 15) is 14.7 Å².